The lowest BCUT2D eigenvalue weighted by atomic mass is 10.1. The first kappa shape index (κ1) is 15.2. The smallest absolute Gasteiger partial charge is 0.456 e. The summed E-state index contributed by atoms with van der Waals surface area (Å²) in [5.41, 5.74) is 4.80. The van der Waals surface area contributed by atoms with Gasteiger partial charge in [0.1, 0.15) is 11.4 Å². The average molecular weight is 291 g/mol. The summed E-state index contributed by atoms with van der Waals surface area (Å²) in [5.74, 6) is -1.12. The van der Waals surface area contributed by atoms with E-state index in [1.165, 1.54) is 6.07 Å². The molecule has 8 heteroatoms. The number of hydrogen-bond donors (Lipinski definition) is 1. The molecule has 0 fully saturated rings. The number of anilines is 1. The van der Waals surface area contributed by atoms with Crippen molar-refractivity contribution in [3.05, 3.63) is 23.8 Å². The fraction of sp³-hybridized carbons (Fsp3) is 0.364. The molecule has 1 rings (SSSR count). The Bertz CT molecular complexity index is 592. The van der Waals surface area contributed by atoms with E-state index in [1.807, 2.05) is 0 Å². The third-order valence-electron chi connectivity index (χ3n) is 1.84. The molecule has 0 saturated heterocycles. The van der Waals surface area contributed by atoms with Crippen molar-refractivity contribution in [1.82, 2.24) is 0 Å². The highest BCUT2D eigenvalue weighted by atomic mass is 32.3. The first-order chi connectivity index (χ1) is 8.48. The van der Waals surface area contributed by atoms with Gasteiger partial charge in [-0.1, -0.05) is 3.89 Å². The quantitative estimate of drug-likeness (QED) is 0.518. The first-order valence-electron chi connectivity index (χ1n) is 5.25. The SMILES string of the molecule is CC(C)(C)OC(=O)c1cc(OS(=O)(=O)F)ccc1N. The molecule has 0 amide bonds. The van der Waals surface area contributed by atoms with Crippen LogP contribution in [-0.2, 0) is 15.2 Å². The summed E-state index contributed by atoms with van der Waals surface area (Å²) in [7, 11) is -5.16. The predicted octanol–water partition coefficient (Wildman–Crippen LogP) is 1.82. The zero-order valence-corrected chi connectivity index (χ0v) is 11.5. The van der Waals surface area contributed by atoms with Crippen molar-refractivity contribution in [3.8, 4) is 5.75 Å². The van der Waals surface area contributed by atoms with Gasteiger partial charge in [-0.2, -0.15) is 8.42 Å². The molecule has 0 radical (unpaired) electrons. The summed E-state index contributed by atoms with van der Waals surface area (Å²) in [6.07, 6.45) is 0. The Hall–Kier alpha value is -1.83. The van der Waals surface area contributed by atoms with Gasteiger partial charge in [-0.3, -0.25) is 0 Å². The van der Waals surface area contributed by atoms with E-state index in [4.69, 9.17) is 10.5 Å². The lowest BCUT2D eigenvalue weighted by molar-refractivity contribution is 0.00704. The topological polar surface area (TPSA) is 95.7 Å². The Kier molecular flexibility index (Phi) is 4.04. The van der Waals surface area contributed by atoms with E-state index in [-0.39, 0.29) is 17.0 Å². The van der Waals surface area contributed by atoms with Gasteiger partial charge < -0.3 is 14.7 Å². The highest BCUT2D eigenvalue weighted by molar-refractivity contribution is 7.81. The fourth-order valence-corrected chi connectivity index (χ4v) is 1.55. The molecule has 1 aromatic rings. The van der Waals surface area contributed by atoms with Gasteiger partial charge in [0.15, 0.2) is 0 Å². The molecule has 1 aromatic carbocycles. The van der Waals surface area contributed by atoms with E-state index in [1.54, 1.807) is 20.8 Å². The Balaban J connectivity index is 3.07. The second-order valence-corrected chi connectivity index (χ2v) is 5.68. The molecule has 2 N–H and O–H groups in total. The molecule has 0 atom stereocenters. The fourth-order valence-electron chi connectivity index (χ4n) is 1.21. The molecule has 0 heterocycles. The number of nitrogens with two attached hydrogens (primary N) is 1. The summed E-state index contributed by atoms with van der Waals surface area (Å²) in [6, 6.07) is 3.35. The summed E-state index contributed by atoms with van der Waals surface area (Å²) >= 11 is 0. The maximum absolute atomic E-state index is 12.4. The number of benzene rings is 1. The monoisotopic (exact) mass is 291 g/mol. The predicted molar refractivity (Wildman–Crippen MR) is 66.7 cm³/mol. The molecular weight excluding hydrogens is 277 g/mol. The number of esters is 1. The number of nitrogen functional groups attached to an aromatic ring is 1. The van der Waals surface area contributed by atoms with Crippen LogP contribution in [0.25, 0.3) is 0 Å². The number of halogens is 1. The molecule has 0 bridgehead atoms. The van der Waals surface area contributed by atoms with Crippen LogP contribution in [-0.4, -0.2) is 20.0 Å². The van der Waals surface area contributed by atoms with Crippen LogP contribution in [0, 0.1) is 0 Å². The van der Waals surface area contributed by atoms with Gasteiger partial charge in [0, 0.05) is 5.69 Å². The molecule has 0 saturated carbocycles. The third kappa shape index (κ3) is 5.12. The summed E-state index contributed by atoms with van der Waals surface area (Å²) < 4.78 is 42.2. The van der Waals surface area contributed by atoms with Gasteiger partial charge in [-0.15, -0.1) is 0 Å². The standard InChI is InChI=1S/C11H14FNO5S/c1-11(2,3)17-10(14)8-6-7(4-5-9(8)13)18-19(12,15)16/h4-6H,13H2,1-3H3. The number of hydrogen-bond acceptors (Lipinski definition) is 6. The van der Waals surface area contributed by atoms with Gasteiger partial charge in [-0.25, -0.2) is 4.79 Å². The van der Waals surface area contributed by atoms with Crippen LogP contribution in [0.5, 0.6) is 5.75 Å². The van der Waals surface area contributed by atoms with Gasteiger partial charge in [0.05, 0.1) is 5.56 Å². The molecule has 0 spiro atoms. The highest BCUT2D eigenvalue weighted by Gasteiger charge is 2.21. The van der Waals surface area contributed by atoms with Crippen molar-refractivity contribution >= 4 is 22.2 Å². The molecule has 0 unspecified atom stereocenters. The van der Waals surface area contributed by atoms with Gasteiger partial charge in [-0.05, 0) is 39.0 Å². The summed E-state index contributed by atoms with van der Waals surface area (Å²) in [4.78, 5) is 11.8. The number of ether oxygens (including phenoxy) is 1. The van der Waals surface area contributed by atoms with Crippen molar-refractivity contribution in [2.24, 2.45) is 0 Å². The zero-order valence-electron chi connectivity index (χ0n) is 10.6. The molecule has 106 valence electrons. The van der Waals surface area contributed by atoms with E-state index in [0.717, 1.165) is 12.1 Å². The number of carbonyl (C=O) groups excluding carboxylic acids is 1. The van der Waals surface area contributed by atoms with Crippen molar-refractivity contribution in [2.75, 3.05) is 5.73 Å². The Labute approximate surface area is 110 Å². The van der Waals surface area contributed by atoms with E-state index in [2.05, 4.69) is 4.18 Å². The second-order valence-electron chi connectivity index (χ2n) is 4.73. The zero-order chi connectivity index (χ0) is 14.8. The first-order valence-corrected chi connectivity index (χ1v) is 6.56. The summed E-state index contributed by atoms with van der Waals surface area (Å²) in [6.45, 7) is 4.98. The normalized spacial score (nSPS) is 12.0. The van der Waals surface area contributed by atoms with E-state index in [9.17, 15) is 17.1 Å². The lowest BCUT2D eigenvalue weighted by Gasteiger charge is -2.20. The minimum Gasteiger partial charge on any atom is -0.456 e. The molecule has 0 aliphatic carbocycles. The lowest BCUT2D eigenvalue weighted by Crippen LogP contribution is -2.24. The minimum absolute atomic E-state index is 0.0675. The Morgan fingerprint density at radius 2 is 1.89 bits per heavy atom. The largest absolute Gasteiger partial charge is 0.488 e. The maximum Gasteiger partial charge on any atom is 0.488 e. The van der Waals surface area contributed by atoms with Crippen molar-refractivity contribution in [2.45, 2.75) is 26.4 Å². The molecule has 0 aliphatic heterocycles. The second kappa shape index (κ2) is 5.04. The molecule has 19 heavy (non-hydrogen) atoms. The Morgan fingerprint density at radius 3 is 2.37 bits per heavy atom. The van der Waals surface area contributed by atoms with E-state index >= 15 is 0 Å². The number of carbonyl (C=O) groups is 1. The molecule has 0 aromatic heterocycles. The van der Waals surface area contributed by atoms with Crippen molar-refractivity contribution in [1.29, 1.82) is 0 Å². The van der Waals surface area contributed by atoms with E-state index in [0.29, 0.717) is 0 Å². The molecule has 0 aliphatic rings. The van der Waals surface area contributed by atoms with E-state index < -0.39 is 22.1 Å². The van der Waals surface area contributed by atoms with Crippen LogP contribution < -0.4 is 9.92 Å². The van der Waals surface area contributed by atoms with Crippen LogP contribution >= 0.6 is 0 Å². The van der Waals surface area contributed by atoms with Crippen molar-refractivity contribution in [3.63, 3.8) is 0 Å². The van der Waals surface area contributed by atoms with Crippen LogP contribution in [0.4, 0.5) is 9.57 Å². The van der Waals surface area contributed by atoms with Gasteiger partial charge >= 0.3 is 16.5 Å². The molecular formula is C11H14FNO5S. The van der Waals surface area contributed by atoms with Gasteiger partial charge in [0.25, 0.3) is 0 Å². The van der Waals surface area contributed by atoms with Crippen molar-refractivity contribution < 1.29 is 26.0 Å². The minimum atomic E-state index is -5.16. The maximum atomic E-state index is 12.4. The van der Waals surface area contributed by atoms with Crippen LogP contribution in [0.3, 0.4) is 0 Å². The summed E-state index contributed by atoms with van der Waals surface area (Å²) in [5, 5.41) is 0. The molecule has 6 nitrogen and oxygen atoms in total. The van der Waals surface area contributed by atoms with Crippen LogP contribution in [0.1, 0.15) is 31.1 Å². The van der Waals surface area contributed by atoms with Crippen LogP contribution in [0.2, 0.25) is 0 Å². The average Bonchev–Trinajstić information content (AvgIpc) is 2.16. The highest BCUT2D eigenvalue weighted by Crippen LogP contribution is 2.23. The third-order valence-corrected chi connectivity index (χ3v) is 2.23. The van der Waals surface area contributed by atoms with Crippen LogP contribution in [0.15, 0.2) is 18.2 Å². The number of rotatable bonds is 3. The Morgan fingerprint density at radius 1 is 1.32 bits per heavy atom. The van der Waals surface area contributed by atoms with Gasteiger partial charge in [0.2, 0.25) is 0 Å².